The number of aryl methyl sites for hydroxylation is 3. The maximum atomic E-state index is 13.8. The molecule has 1 aliphatic carbocycles. The summed E-state index contributed by atoms with van der Waals surface area (Å²) in [6, 6.07) is 14.2. The summed E-state index contributed by atoms with van der Waals surface area (Å²) in [5.41, 5.74) is 5.09. The summed E-state index contributed by atoms with van der Waals surface area (Å²) in [6.45, 7) is 1.88. The Morgan fingerprint density at radius 2 is 1.91 bits per heavy atom. The van der Waals surface area contributed by atoms with Crippen LogP contribution in [0.5, 0.6) is 0 Å². The van der Waals surface area contributed by atoms with Crippen molar-refractivity contribution in [3.8, 4) is 28.7 Å². The second-order valence-corrected chi connectivity index (χ2v) is 11.1. The molecular weight excluding hydrogens is 554 g/mol. The lowest BCUT2D eigenvalue weighted by Gasteiger charge is -2.36. The average Bonchev–Trinajstić information content (AvgIpc) is 3.70. The SMILES string of the molecule is Cc1cc(-c2nc(N[C@H]3CC[C@H](N(C(=O)CCc4ccccc4)c4cnc(-c5cnn(C)c5)cn4)CC3)ncc2C#N)[nH]n1. The number of anilines is 2. The van der Waals surface area contributed by atoms with E-state index in [2.05, 4.69) is 41.6 Å². The molecule has 1 amide bonds. The van der Waals surface area contributed by atoms with Gasteiger partial charge in [0.25, 0.3) is 0 Å². The van der Waals surface area contributed by atoms with Crippen LogP contribution in [0.25, 0.3) is 22.6 Å². The minimum Gasteiger partial charge on any atom is -0.351 e. The highest BCUT2D eigenvalue weighted by molar-refractivity contribution is 5.93. The first-order valence-electron chi connectivity index (χ1n) is 14.7. The highest BCUT2D eigenvalue weighted by Gasteiger charge is 2.31. The van der Waals surface area contributed by atoms with Crippen LogP contribution in [0.4, 0.5) is 11.8 Å². The molecule has 1 fully saturated rings. The molecule has 1 saturated carbocycles. The second-order valence-electron chi connectivity index (χ2n) is 11.1. The van der Waals surface area contributed by atoms with Gasteiger partial charge in [-0.05, 0) is 50.7 Å². The number of aromatic nitrogens is 8. The molecule has 1 aliphatic rings. The normalized spacial score (nSPS) is 16.3. The van der Waals surface area contributed by atoms with E-state index in [0.29, 0.717) is 47.3 Å². The number of rotatable bonds is 9. The molecule has 2 N–H and O–H groups in total. The quantitative estimate of drug-likeness (QED) is 0.251. The predicted octanol–water partition coefficient (Wildman–Crippen LogP) is 4.63. The van der Waals surface area contributed by atoms with Crippen molar-refractivity contribution in [2.45, 2.75) is 57.5 Å². The molecule has 0 atom stereocenters. The summed E-state index contributed by atoms with van der Waals surface area (Å²) in [5, 5.41) is 24.3. The molecule has 0 saturated heterocycles. The number of nitrogens with one attached hydrogen (secondary N) is 2. The van der Waals surface area contributed by atoms with Crippen molar-refractivity contribution in [3.05, 3.63) is 84.2 Å². The van der Waals surface area contributed by atoms with Crippen LogP contribution in [0, 0.1) is 18.3 Å². The van der Waals surface area contributed by atoms with Gasteiger partial charge >= 0.3 is 0 Å². The molecule has 44 heavy (non-hydrogen) atoms. The predicted molar refractivity (Wildman–Crippen MR) is 165 cm³/mol. The van der Waals surface area contributed by atoms with E-state index in [0.717, 1.165) is 42.5 Å². The smallest absolute Gasteiger partial charge is 0.228 e. The molecule has 6 rings (SSSR count). The number of amides is 1. The molecule has 0 aliphatic heterocycles. The maximum Gasteiger partial charge on any atom is 0.228 e. The molecule has 0 bridgehead atoms. The molecule has 5 aromatic rings. The number of hydrogen-bond donors (Lipinski definition) is 2. The Bertz CT molecular complexity index is 1760. The highest BCUT2D eigenvalue weighted by Crippen LogP contribution is 2.30. The van der Waals surface area contributed by atoms with Gasteiger partial charge < -0.3 is 5.32 Å². The number of nitriles is 1. The third-order valence-electron chi connectivity index (χ3n) is 7.89. The van der Waals surface area contributed by atoms with Crippen molar-refractivity contribution in [1.29, 1.82) is 5.26 Å². The summed E-state index contributed by atoms with van der Waals surface area (Å²) in [5.74, 6) is 1.05. The van der Waals surface area contributed by atoms with Gasteiger partial charge in [-0.15, -0.1) is 0 Å². The van der Waals surface area contributed by atoms with Crippen molar-refractivity contribution in [2.75, 3.05) is 10.2 Å². The Labute approximate surface area is 255 Å². The van der Waals surface area contributed by atoms with Gasteiger partial charge in [-0.25, -0.2) is 15.0 Å². The van der Waals surface area contributed by atoms with Crippen LogP contribution in [-0.4, -0.2) is 57.9 Å². The minimum absolute atomic E-state index is 0.0136. The van der Waals surface area contributed by atoms with Crippen LogP contribution >= 0.6 is 0 Å². The van der Waals surface area contributed by atoms with Crippen LogP contribution in [-0.2, 0) is 18.3 Å². The number of H-pyrrole nitrogens is 1. The molecular formula is C32H33N11O. The Morgan fingerprint density at radius 3 is 2.57 bits per heavy atom. The fourth-order valence-corrected chi connectivity index (χ4v) is 5.63. The van der Waals surface area contributed by atoms with E-state index in [1.807, 2.05) is 61.5 Å². The number of hydrogen-bond acceptors (Lipinski definition) is 9. The number of benzene rings is 1. The number of nitrogens with zero attached hydrogens (tertiary/aromatic N) is 9. The Kier molecular flexibility index (Phi) is 8.36. The average molecular weight is 588 g/mol. The standard InChI is InChI=1S/C32H33N11O/c1-21-14-27(41-40-21)31-23(15-33)16-36-32(39-31)38-25-9-11-26(12-10-25)43(30(44)13-8-22-6-4-3-5-7-22)29-19-34-28(18-35-29)24-17-37-42(2)20-24/h3-7,14,16-20,25-26H,8-13H2,1-2H3,(H,40,41)(H,36,38,39)/t25-,26-. The highest BCUT2D eigenvalue weighted by atomic mass is 16.2. The first-order chi connectivity index (χ1) is 21.5. The fourth-order valence-electron chi connectivity index (χ4n) is 5.63. The van der Waals surface area contributed by atoms with E-state index in [4.69, 9.17) is 4.98 Å². The first kappa shape index (κ1) is 28.7. The van der Waals surface area contributed by atoms with E-state index < -0.39 is 0 Å². The summed E-state index contributed by atoms with van der Waals surface area (Å²) in [7, 11) is 1.86. The van der Waals surface area contributed by atoms with Crippen molar-refractivity contribution in [1.82, 2.24) is 39.9 Å². The lowest BCUT2D eigenvalue weighted by molar-refractivity contribution is -0.119. The van der Waals surface area contributed by atoms with E-state index in [1.54, 1.807) is 23.3 Å². The van der Waals surface area contributed by atoms with E-state index in [9.17, 15) is 10.1 Å². The molecule has 12 nitrogen and oxygen atoms in total. The van der Waals surface area contributed by atoms with Crippen LogP contribution in [0.1, 0.15) is 48.9 Å². The molecule has 1 aromatic carbocycles. The number of aromatic amines is 1. The largest absolute Gasteiger partial charge is 0.351 e. The maximum absolute atomic E-state index is 13.8. The summed E-state index contributed by atoms with van der Waals surface area (Å²) in [4.78, 5) is 33.9. The van der Waals surface area contributed by atoms with Gasteiger partial charge in [0.2, 0.25) is 11.9 Å². The molecule has 0 spiro atoms. The molecule has 222 valence electrons. The van der Waals surface area contributed by atoms with Gasteiger partial charge in [-0.1, -0.05) is 30.3 Å². The van der Waals surface area contributed by atoms with E-state index >= 15 is 0 Å². The summed E-state index contributed by atoms with van der Waals surface area (Å²) < 4.78 is 1.72. The molecule has 0 radical (unpaired) electrons. The third kappa shape index (κ3) is 6.47. The zero-order valence-electron chi connectivity index (χ0n) is 24.7. The van der Waals surface area contributed by atoms with Gasteiger partial charge in [0, 0.05) is 37.3 Å². The van der Waals surface area contributed by atoms with E-state index in [-0.39, 0.29) is 18.0 Å². The fraction of sp³-hybridized carbons (Fsp3) is 0.312. The molecule has 12 heteroatoms. The van der Waals surface area contributed by atoms with Gasteiger partial charge in [0.1, 0.15) is 11.8 Å². The first-order valence-corrected chi connectivity index (χ1v) is 14.7. The van der Waals surface area contributed by atoms with Crippen molar-refractivity contribution in [2.24, 2.45) is 7.05 Å². The van der Waals surface area contributed by atoms with Crippen LogP contribution < -0.4 is 10.2 Å². The monoisotopic (exact) mass is 587 g/mol. The lowest BCUT2D eigenvalue weighted by Crippen LogP contribution is -2.45. The zero-order chi connectivity index (χ0) is 30.5. The molecule has 0 unspecified atom stereocenters. The van der Waals surface area contributed by atoms with Crippen LogP contribution in [0.2, 0.25) is 0 Å². The second kappa shape index (κ2) is 12.8. The topological polar surface area (TPSA) is 154 Å². The van der Waals surface area contributed by atoms with Crippen molar-refractivity contribution in [3.63, 3.8) is 0 Å². The summed E-state index contributed by atoms with van der Waals surface area (Å²) >= 11 is 0. The summed E-state index contributed by atoms with van der Waals surface area (Å²) in [6.07, 6.45) is 12.8. The van der Waals surface area contributed by atoms with Gasteiger partial charge in [-0.3, -0.25) is 24.5 Å². The zero-order valence-corrected chi connectivity index (χ0v) is 24.7. The molecule has 4 heterocycles. The lowest BCUT2D eigenvalue weighted by atomic mass is 9.89. The number of carbonyl (C=O) groups is 1. The van der Waals surface area contributed by atoms with Gasteiger partial charge in [-0.2, -0.15) is 15.5 Å². The Morgan fingerprint density at radius 1 is 1.09 bits per heavy atom. The van der Waals surface area contributed by atoms with Crippen LogP contribution in [0.15, 0.2) is 67.4 Å². The minimum atomic E-state index is -0.0136. The van der Waals surface area contributed by atoms with Crippen LogP contribution in [0.3, 0.4) is 0 Å². The van der Waals surface area contributed by atoms with Crippen molar-refractivity contribution < 1.29 is 4.79 Å². The van der Waals surface area contributed by atoms with Gasteiger partial charge in [0.15, 0.2) is 5.82 Å². The van der Waals surface area contributed by atoms with E-state index in [1.165, 1.54) is 6.20 Å². The van der Waals surface area contributed by atoms with Gasteiger partial charge in [0.05, 0.1) is 47.4 Å². The Balaban J connectivity index is 1.17. The molecule has 4 aromatic heterocycles. The number of carbonyl (C=O) groups excluding carboxylic acids is 1. The van der Waals surface area contributed by atoms with Crippen molar-refractivity contribution >= 4 is 17.7 Å². The Hall–Kier alpha value is -5.44. The third-order valence-corrected chi connectivity index (χ3v) is 7.89.